The van der Waals surface area contributed by atoms with E-state index in [1.165, 1.54) is 70.6 Å². The summed E-state index contributed by atoms with van der Waals surface area (Å²) < 4.78 is 17.7. The Kier molecular flexibility index (Phi) is 18.5. The molecule has 3 N–H and O–H groups in total. The number of esters is 1. The van der Waals surface area contributed by atoms with Gasteiger partial charge in [0.1, 0.15) is 6.10 Å². The van der Waals surface area contributed by atoms with Gasteiger partial charge in [0.2, 0.25) is 0 Å². The third kappa shape index (κ3) is 14.2. The van der Waals surface area contributed by atoms with E-state index in [1.54, 1.807) is 0 Å². The van der Waals surface area contributed by atoms with E-state index in [0.29, 0.717) is 12.0 Å². The van der Waals surface area contributed by atoms with Crippen LogP contribution in [0.25, 0.3) is 0 Å². The van der Waals surface area contributed by atoms with E-state index in [0.717, 1.165) is 77.0 Å². The fraction of sp³-hybridized carbons (Fsp3) is 0.919. The molecule has 0 radical (unpaired) electrons. The second kappa shape index (κ2) is 21.7. The maximum absolute atomic E-state index is 11.7. The predicted octanol–water partition coefficient (Wildman–Crippen LogP) is 7.86. The number of hydrogen-bond donors (Lipinski definition) is 3. The van der Waals surface area contributed by atoms with Crippen molar-refractivity contribution in [1.29, 1.82) is 0 Å². The molecule has 0 saturated carbocycles. The number of ether oxygens (including phenoxy) is 3. The Morgan fingerprint density at radius 3 is 1.52 bits per heavy atom. The van der Waals surface area contributed by atoms with E-state index in [-0.39, 0.29) is 42.6 Å². The van der Waals surface area contributed by atoms with Gasteiger partial charge in [-0.1, -0.05) is 110 Å². The molecule has 0 bridgehead atoms. The lowest BCUT2D eigenvalue weighted by molar-refractivity contribution is -0.139. The minimum absolute atomic E-state index is 0.0519. The summed E-state index contributed by atoms with van der Waals surface area (Å²) in [5.41, 5.74) is 0.617. The standard InChI is InChI=1S/C37H66O7/c1-3-4-5-6-7-11-14-17-20-31(39)33-22-24-35(43-33)36-25-23-34(44-36)32(40)21-18-15-12-9-8-10-13-16-19-30(38)27-29-26-28(2)42-37(29)41/h26,28,30-36,38-40H,3-25,27H2,1-2H3/t28-,30+,31-,32-,33+,34+,35-,36-/m0/s1. The number of rotatable bonds is 25. The summed E-state index contributed by atoms with van der Waals surface area (Å²) in [5.74, 6) is -0.281. The Morgan fingerprint density at radius 1 is 0.659 bits per heavy atom. The van der Waals surface area contributed by atoms with Gasteiger partial charge < -0.3 is 29.5 Å². The molecule has 2 fully saturated rings. The zero-order chi connectivity index (χ0) is 31.6. The minimum Gasteiger partial charge on any atom is -0.455 e. The van der Waals surface area contributed by atoms with E-state index in [4.69, 9.17) is 14.2 Å². The van der Waals surface area contributed by atoms with E-state index < -0.39 is 12.2 Å². The largest absolute Gasteiger partial charge is 0.455 e. The third-order valence-corrected chi connectivity index (χ3v) is 10.0. The second-order valence-corrected chi connectivity index (χ2v) is 14.0. The topological polar surface area (TPSA) is 105 Å². The number of cyclic esters (lactones) is 1. The van der Waals surface area contributed by atoms with Gasteiger partial charge in [0.15, 0.2) is 0 Å². The summed E-state index contributed by atoms with van der Waals surface area (Å²) in [6, 6.07) is 0. The van der Waals surface area contributed by atoms with Crippen molar-refractivity contribution in [3.05, 3.63) is 11.6 Å². The number of unbranched alkanes of at least 4 members (excludes halogenated alkanes) is 14. The Hall–Kier alpha value is -0.990. The van der Waals surface area contributed by atoms with Crippen LogP contribution in [0, 0.1) is 0 Å². The molecular weight excluding hydrogens is 556 g/mol. The van der Waals surface area contributed by atoms with Crippen molar-refractivity contribution in [1.82, 2.24) is 0 Å². The SMILES string of the molecule is CCCCCCCCCC[C@H](O)[C@H]1CC[C@@H]([C@@H]2CC[C@H]([C@@H](O)CCCCCCCCCC[C@@H](O)CC3=C[C@H](C)OC3=O)O2)O1. The molecule has 2 saturated heterocycles. The van der Waals surface area contributed by atoms with Crippen LogP contribution in [0.2, 0.25) is 0 Å². The van der Waals surface area contributed by atoms with Crippen LogP contribution in [0.5, 0.6) is 0 Å². The van der Waals surface area contributed by atoms with Crippen LogP contribution in [0.3, 0.4) is 0 Å². The van der Waals surface area contributed by atoms with Crippen molar-refractivity contribution >= 4 is 5.97 Å². The van der Waals surface area contributed by atoms with Gasteiger partial charge in [0.05, 0.1) is 42.7 Å². The maximum atomic E-state index is 11.7. The van der Waals surface area contributed by atoms with Crippen LogP contribution in [-0.2, 0) is 19.0 Å². The van der Waals surface area contributed by atoms with Crippen LogP contribution < -0.4 is 0 Å². The highest BCUT2D eigenvalue weighted by Gasteiger charge is 2.40. The average Bonchev–Trinajstić information content (AvgIpc) is 3.75. The number of carbonyl (C=O) groups is 1. The first-order chi connectivity index (χ1) is 21.4. The van der Waals surface area contributed by atoms with Crippen molar-refractivity contribution < 1.29 is 34.3 Å². The summed E-state index contributed by atoms with van der Waals surface area (Å²) in [6.45, 7) is 4.09. The van der Waals surface area contributed by atoms with Gasteiger partial charge in [-0.05, 0) is 57.9 Å². The fourth-order valence-electron chi connectivity index (χ4n) is 7.28. The smallest absolute Gasteiger partial charge is 0.334 e. The third-order valence-electron chi connectivity index (χ3n) is 10.0. The maximum Gasteiger partial charge on any atom is 0.334 e. The van der Waals surface area contributed by atoms with Crippen molar-refractivity contribution in [3.8, 4) is 0 Å². The van der Waals surface area contributed by atoms with Gasteiger partial charge >= 0.3 is 5.97 Å². The number of aliphatic hydroxyl groups is 3. The van der Waals surface area contributed by atoms with Crippen molar-refractivity contribution in [2.24, 2.45) is 0 Å². The van der Waals surface area contributed by atoms with Crippen LogP contribution in [0.1, 0.15) is 168 Å². The molecule has 0 aromatic heterocycles. The van der Waals surface area contributed by atoms with Crippen LogP contribution in [0.4, 0.5) is 0 Å². The van der Waals surface area contributed by atoms with Crippen molar-refractivity contribution in [3.63, 3.8) is 0 Å². The first kappa shape index (κ1) is 37.5. The average molecular weight is 623 g/mol. The zero-order valence-electron chi connectivity index (χ0n) is 28.1. The molecule has 7 nitrogen and oxygen atoms in total. The fourth-order valence-corrected chi connectivity index (χ4v) is 7.28. The first-order valence-corrected chi connectivity index (χ1v) is 18.6. The molecule has 0 unspecified atom stereocenters. The van der Waals surface area contributed by atoms with Gasteiger partial charge in [-0.25, -0.2) is 4.79 Å². The van der Waals surface area contributed by atoms with Gasteiger partial charge in [0.25, 0.3) is 0 Å². The van der Waals surface area contributed by atoms with E-state index in [9.17, 15) is 20.1 Å². The quantitative estimate of drug-likeness (QED) is 0.0703. The molecule has 0 amide bonds. The Labute approximate surface area is 268 Å². The molecule has 0 aliphatic carbocycles. The number of hydrogen-bond acceptors (Lipinski definition) is 7. The van der Waals surface area contributed by atoms with Crippen molar-refractivity contribution in [2.75, 3.05) is 0 Å². The minimum atomic E-state index is -0.463. The number of carbonyl (C=O) groups excluding carboxylic acids is 1. The Balaban J connectivity index is 1.13. The van der Waals surface area contributed by atoms with E-state index in [2.05, 4.69) is 6.92 Å². The highest BCUT2D eigenvalue weighted by atomic mass is 16.6. The molecule has 44 heavy (non-hydrogen) atoms. The first-order valence-electron chi connectivity index (χ1n) is 18.6. The lowest BCUT2D eigenvalue weighted by atomic mass is 10.00. The summed E-state index contributed by atoms with van der Waals surface area (Å²) in [7, 11) is 0. The van der Waals surface area contributed by atoms with E-state index >= 15 is 0 Å². The molecule has 7 heteroatoms. The van der Waals surface area contributed by atoms with Crippen molar-refractivity contribution in [2.45, 2.75) is 217 Å². The molecular formula is C37H66O7. The summed E-state index contributed by atoms with van der Waals surface area (Å²) in [5, 5.41) is 31.6. The predicted molar refractivity (Wildman–Crippen MR) is 175 cm³/mol. The van der Waals surface area contributed by atoms with Gasteiger partial charge in [-0.3, -0.25) is 0 Å². The zero-order valence-corrected chi connectivity index (χ0v) is 28.1. The van der Waals surface area contributed by atoms with Crippen LogP contribution in [-0.4, -0.2) is 70.1 Å². The lowest BCUT2D eigenvalue weighted by Crippen LogP contribution is -2.33. The molecule has 256 valence electrons. The highest BCUT2D eigenvalue weighted by molar-refractivity contribution is 5.90. The Morgan fingerprint density at radius 2 is 1.09 bits per heavy atom. The molecule has 3 aliphatic rings. The van der Waals surface area contributed by atoms with Crippen LogP contribution >= 0.6 is 0 Å². The molecule has 3 aliphatic heterocycles. The summed E-state index contributed by atoms with van der Waals surface area (Å²) in [4.78, 5) is 11.7. The highest BCUT2D eigenvalue weighted by Crippen LogP contribution is 2.34. The molecule has 8 atom stereocenters. The molecule has 3 rings (SSSR count). The lowest BCUT2D eigenvalue weighted by Gasteiger charge is -2.24. The molecule has 0 aromatic carbocycles. The monoisotopic (exact) mass is 622 g/mol. The van der Waals surface area contributed by atoms with E-state index in [1.807, 2.05) is 13.0 Å². The summed E-state index contributed by atoms with van der Waals surface area (Å²) in [6.07, 6.45) is 26.1. The van der Waals surface area contributed by atoms with Gasteiger partial charge in [0, 0.05) is 12.0 Å². The number of aliphatic hydroxyl groups excluding tert-OH is 3. The Bertz CT molecular complexity index is 801. The van der Waals surface area contributed by atoms with Crippen LogP contribution in [0.15, 0.2) is 11.6 Å². The molecule has 3 heterocycles. The normalized spacial score (nSPS) is 27.4. The molecule has 0 aromatic rings. The van der Waals surface area contributed by atoms with Gasteiger partial charge in [-0.15, -0.1) is 0 Å². The molecule has 0 spiro atoms. The second-order valence-electron chi connectivity index (χ2n) is 14.0. The van der Waals surface area contributed by atoms with Gasteiger partial charge in [-0.2, -0.15) is 0 Å². The summed E-state index contributed by atoms with van der Waals surface area (Å²) >= 11 is 0.